The van der Waals surface area contributed by atoms with E-state index in [1.54, 1.807) is 0 Å². The largest absolute Gasteiger partial charge is 0.306 e. The maximum Gasteiger partial charge on any atom is 0.264 e. The summed E-state index contributed by atoms with van der Waals surface area (Å²) in [6, 6.07) is -0.449. The molecule has 0 saturated carbocycles. The molecule has 2 fully saturated rings. The quantitative estimate of drug-likeness (QED) is 0.621. The Morgan fingerprint density at radius 3 is 2.38 bits per heavy atom. The van der Waals surface area contributed by atoms with Crippen LogP contribution in [0.5, 0.6) is 0 Å². The Bertz CT molecular complexity index is 170. The van der Waals surface area contributed by atoms with E-state index in [4.69, 9.17) is 0 Å². The summed E-state index contributed by atoms with van der Waals surface area (Å²) in [5, 5.41) is 2.96. The molecule has 0 aromatic heterocycles. The molecule has 3 heteroatoms. The van der Waals surface area contributed by atoms with Gasteiger partial charge in [0, 0.05) is 12.5 Å². The zero-order valence-corrected chi connectivity index (χ0v) is 8.61. The van der Waals surface area contributed by atoms with E-state index in [0.29, 0.717) is 12.3 Å². The van der Waals surface area contributed by atoms with Crippen molar-refractivity contribution in [2.45, 2.75) is 58.0 Å². The van der Waals surface area contributed by atoms with Crippen molar-refractivity contribution in [2.75, 3.05) is 0 Å². The minimum atomic E-state index is -2.44. The van der Waals surface area contributed by atoms with E-state index >= 15 is 0 Å². The lowest BCUT2D eigenvalue weighted by molar-refractivity contribution is -0.0143. The monoisotopic (exact) mass is 191 g/mol. The van der Waals surface area contributed by atoms with Crippen LogP contribution in [0.15, 0.2) is 0 Å². The predicted octanol–water partition coefficient (Wildman–Crippen LogP) is 2.81. The van der Waals surface area contributed by atoms with Gasteiger partial charge in [-0.05, 0) is 18.8 Å². The van der Waals surface area contributed by atoms with Crippen LogP contribution in [0.2, 0.25) is 0 Å². The average Bonchev–Trinajstić information content (AvgIpc) is 2.25. The third-order valence-electron chi connectivity index (χ3n) is 2.79. The highest BCUT2D eigenvalue weighted by Gasteiger charge is 2.51. The molecule has 0 aromatic rings. The summed E-state index contributed by atoms with van der Waals surface area (Å²) in [4.78, 5) is 0. The zero-order valence-electron chi connectivity index (χ0n) is 8.61. The first-order valence-electron chi connectivity index (χ1n) is 5.22. The Morgan fingerprint density at radius 1 is 1.23 bits per heavy atom. The summed E-state index contributed by atoms with van der Waals surface area (Å²) in [7, 11) is 0. The molecule has 3 atom stereocenters. The van der Waals surface area contributed by atoms with Gasteiger partial charge in [-0.15, -0.1) is 0 Å². The van der Waals surface area contributed by atoms with Crippen LogP contribution in [0.3, 0.4) is 0 Å². The van der Waals surface area contributed by atoms with Gasteiger partial charge in [0.2, 0.25) is 0 Å². The predicted molar refractivity (Wildman–Crippen MR) is 50.0 cm³/mol. The van der Waals surface area contributed by atoms with E-state index < -0.39 is 12.0 Å². The molecule has 2 heterocycles. The van der Waals surface area contributed by atoms with Crippen LogP contribution >= 0.6 is 0 Å². The van der Waals surface area contributed by atoms with Crippen LogP contribution in [0.4, 0.5) is 8.78 Å². The van der Waals surface area contributed by atoms with Gasteiger partial charge < -0.3 is 5.32 Å². The van der Waals surface area contributed by atoms with Gasteiger partial charge in [-0.25, -0.2) is 8.78 Å². The summed E-state index contributed by atoms with van der Waals surface area (Å²) in [5.41, 5.74) is 0. The molecule has 1 N–H and O–H groups in total. The summed E-state index contributed by atoms with van der Waals surface area (Å²) >= 11 is 0. The highest BCUT2D eigenvalue weighted by molar-refractivity contribution is 5.01. The molecule has 3 unspecified atom stereocenters. The third-order valence-corrected chi connectivity index (χ3v) is 2.79. The van der Waals surface area contributed by atoms with Crippen molar-refractivity contribution in [3.63, 3.8) is 0 Å². The molecule has 0 radical (unpaired) electrons. The fraction of sp³-hybridized carbons (Fsp3) is 1.00. The second-order valence-electron chi connectivity index (χ2n) is 3.96. The minimum absolute atomic E-state index is 0.0575. The smallest absolute Gasteiger partial charge is 0.264 e. The standard InChI is InChI=1S/C8H13F2N.C2H6/c1-5-2-6-4-8(9,10)7(3-5)11-6;1-2/h5-7,11H,2-4H2,1H3;1-2H3. The number of alkyl halides is 2. The number of fused-ring (bicyclic) bond motifs is 2. The van der Waals surface area contributed by atoms with Crippen molar-refractivity contribution in [3.8, 4) is 0 Å². The van der Waals surface area contributed by atoms with Crippen molar-refractivity contribution < 1.29 is 8.78 Å². The molecule has 2 aliphatic rings. The second-order valence-corrected chi connectivity index (χ2v) is 3.96. The van der Waals surface area contributed by atoms with E-state index in [-0.39, 0.29) is 12.5 Å². The van der Waals surface area contributed by atoms with Gasteiger partial charge in [0.15, 0.2) is 0 Å². The van der Waals surface area contributed by atoms with Gasteiger partial charge in [0.1, 0.15) is 0 Å². The molecule has 0 aliphatic carbocycles. The molecule has 13 heavy (non-hydrogen) atoms. The summed E-state index contributed by atoms with van der Waals surface area (Å²) in [5.74, 6) is -1.96. The first kappa shape index (κ1) is 10.9. The molecular formula is C10H19F2N. The normalized spacial score (nSPS) is 40.8. The Balaban J connectivity index is 0.000000396. The lowest BCUT2D eigenvalue weighted by Gasteiger charge is -2.26. The number of halogens is 2. The Kier molecular flexibility index (Phi) is 3.28. The highest BCUT2D eigenvalue weighted by atomic mass is 19.3. The first-order chi connectivity index (χ1) is 6.08. The molecule has 2 rings (SSSR count). The molecule has 2 bridgehead atoms. The van der Waals surface area contributed by atoms with Crippen LogP contribution in [-0.4, -0.2) is 18.0 Å². The van der Waals surface area contributed by atoms with Gasteiger partial charge in [-0.1, -0.05) is 20.8 Å². The number of piperidine rings is 1. The van der Waals surface area contributed by atoms with Crippen LogP contribution in [0, 0.1) is 5.92 Å². The maximum absolute atomic E-state index is 13.0. The molecule has 2 saturated heterocycles. The van der Waals surface area contributed by atoms with Gasteiger partial charge in [-0.3, -0.25) is 0 Å². The number of rotatable bonds is 0. The van der Waals surface area contributed by atoms with E-state index in [1.165, 1.54) is 0 Å². The topological polar surface area (TPSA) is 12.0 Å². The summed E-state index contributed by atoms with van der Waals surface area (Å²) < 4.78 is 26.0. The van der Waals surface area contributed by atoms with Crippen molar-refractivity contribution >= 4 is 0 Å². The van der Waals surface area contributed by atoms with E-state index in [1.807, 2.05) is 13.8 Å². The molecule has 2 aliphatic heterocycles. The Hall–Kier alpha value is -0.180. The van der Waals surface area contributed by atoms with Crippen molar-refractivity contribution in [2.24, 2.45) is 5.92 Å². The Morgan fingerprint density at radius 2 is 1.85 bits per heavy atom. The lowest BCUT2D eigenvalue weighted by Crippen LogP contribution is -2.42. The van der Waals surface area contributed by atoms with Crippen LogP contribution in [-0.2, 0) is 0 Å². The minimum Gasteiger partial charge on any atom is -0.306 e. The number of nitrogens with one attached hydrogen (secondary N) is 1. The molecule has 1 nitrogen and oxygen atoms in total. The molecule has 0 spiro atoms. The maximum atomic E-state index is 13.0. The molecule has 0 amide bonds. The van der Waals surface area contributed by atoms with Gasteiger partial charge in [0.25, 0.3) is 5.92 Å². The van der Waals surface area contributed by atoms with Gasteiger partial charge in [0.05, 0.1) is 6.04 Å². The van der Waals surface area contributed by atoms with Crippen molar-refractivity contribution in [1.82, 2.24) is 5.32 Å². The molecular weight excluding hydrogens is 172 g/mol. The van der Waals surface area contributed by atoms with E-state index in [2.05, 4.69) is 12.2 Å². The van der Waals surface area contributed by atoms with Crippen LogP contribution < -0.4 is 5.32 Å². The SMILES string of the molecule is CC.CC1CC2CC(F)(F)C(C1)N2. The average molecular weight is 191 g/mol. The molecule has 78 valence electrons. The fourth-order valence-corrected chi connectivity index (χ4v) is 2.31. The van der Waals surface area contributed by atoms with Crippen LogP contribution in [0.25, 0.3) is 0 Å². The summed E-state index contributed by atoms with van der Waals surface area (Å²) in [6.45, 7) is 6.06. The highest BCUT2D eigenvalue weighted by Crippen LogP contribution is 2.40. The molecule has 0 aromatic carbocycles. The van der Waals surface area contributed by atoms with Gasteiger partial charge >= 0.3 is 0 Å². The van der Waals surface area contributed by atoms with Gasteiger partial charge in [-0.2, -0.15) is 0 Å². The van der Waals surface area contributed by atoms with Crippen molar-refractivity contribution in [1.29, 1.82) is 0 Å². The van der Waals surface area contributed by atoms with E-state index in [0.717, 1.165) is 6.42 Å². The summed E-state index contributed by atoms with van der Waals surface area (Å²) in [6.07, 6.45) is 1.62. The second kappa shape index (κ2) is 3.91. The number of hydrogen-bond acceptors (Lipinski definition) is 1. The van der Waals surface area contributed by atoms with Crippen LogP contribution in [0.1, 0.15) is 40.0 Å². The van der Waals surface area contributed by atoms with E-state index in [9.17, 15) is 8.78 Å². The number of hydrogen-bond donors (Lipinski definition) is 1. The zero-order chi connectivity index (χ0) is 10.1. The lowest BCUT2D eigenvalue weighted by atomic mass is 9.94. The first-order valence-corrected chi connectivity index (χ1v) is 5.22. The third kappa shape index (κ3) is 2.19. The fourth-order valence-electron chi connectivity index (χ4n) is 2.31. The Labute approximate surface area is 78.9 Å². The van der Waals surface area contributed by atoms with Crippen molar-refractivity contribution in [3.05, 3.63) is 0 Å².